The predicted molar refractivity (Wildman–Crippen MR) is 189 cm³/mol. The Balaban J connectivity index is 1.06. The maximum atomic E-state index is 6.27. The Morgan fingerprint density at radius 3 is 2.48 bits per heavy atom. The molecule has 9 rings (SSSR count). The summed E-state index contributed by atoms with van der Waals surface area (Å²) in [5.41, 5.74) is 14.5. The summed E-state index contributed by atoms with van der Waals surface area (Å²) < 4.78 is 6.27. The first-order chi connectivity index (χ1) is 22.5. The molecule has 0 amide bonds. The third-order valence-electron chi connectivity index (χ3n) is 10.7. The van der Waals surface area contributed by atoms with Crippen LogP contribution >= 0.6 is 0 Å². The molecule has 3 unspecified atom stereocenters. The van der Waals surface area contributed by atoms with Gasteiger partial charge in [-0.05, 0) is 88.4 Å². The number of hydrogen-bond donors (Lipinski definition) is 1. The van der Waals surface area contributed by atoms with E-state index in [0.717, 1.165) is 48.5 Å². The fourth-order valence-electron chi connectivity index (χ4n) is 8.25. The summed E-state index contributed by atoms with van der Waals surface area (Å²) in [5, 5.41) is 3.72. The van der Waals surface area contributed by atoms with Gasteiger partial charge < -0.3 is 10.1 Å². The minimum absolute atomic E-state index is 0.00106. The third-order valence-corrected chi connectivity index (χ3v) is 10.7. The topological polar surface area (TPSA) is 33.6 Å². The summed E-state index contributed by atoms with van der Waals surface area (Å²) in [6, 6.07) is 35.1. The predicted octanol–water partition coefficient (Wildman–Crippen LogP) is 9.94. The summed E-state index contributed by atoms with van der Waals surface area (Å²) in [7, 11) is 0. The van der Waals surface area contributed by atoms with Crippen LogP contribution in [0.1, 0.15) is 90.4 Å². The number of rotatable bonds is 4. The highest BCUT2D eigenvalue weighted by Crippen LogP contribution is 2.50. The van der Waals surface area contributed by atoms with Gasteiger partial charge in [-0.2, -0.15) is 0 Å². The van der Waals surface area contributed by atoms with Gasteiger partial charge >= 0.3 is 0 Å². The molecule has 0 aromatic heterocycles. The van der Waals surface area contributed by atoms with Crippen LogP contribution in [-0.4, -0.2) is 11.9 Å². The van der Waals surface area contributed by atoms with E-state index in [-0.39, 0.29) is 17.6 Å². The molecule has 2 heterocycles. The molecule has 3 atom stereocenters. The van der Waals surface area contributed by atoms with Crippen molar-refractivity contribution in [2.24, 2.45) is 4.99 Å². The molecule has 3 nitrogen and oxygen atoms in total. The number of fused-ring (bicyclic) bond motifs is 5. The Morgan fingerprint density at radius 2 is 1.61 bits per heavy atom. The van der Waals surface area contributed by atoms with Gasteiger partial charge in [0.15, 0.2) is 0 Å². The van der Waals surface area contributed by atoms with Gasteiger partial charge in [0.05, 0.1) is 6.04 Å². The largest absolute Gasteiger partial charge is 0.489 e. The molecule has 2 aliphatic heterocycles. The number of aliphatic imine (C=N–C) groups is 1. The molecular formula is C43H38N2O. The average Bonchev–Trinajstić information content (AvgIpc) is 3.60. The van der Waals surface area contributed by atoms with Gasteiger partial charge in [-0.1, -0.05) is 117 Å². The van der Waals surface area contributed by atoms with Crippen molar-refractivity contribution in [2.45, 2.75) is 63.0 Å². The molecule has 226 valence electrons. The van der Waals surface area contributed by atoms with E-state index in [4.69, 9.17) is 9.73 Å². The second-order valence-corrected chi connectivity index (χ2v) is 13.8. The third kappa shape index (κ3) is 4.44. The monoisotopic (exact) mass is 598 g/mol. The number of hydrogen-bond acceptors (Lipinski definition) is 3. The zero-order valence-electron chi connectivity index (χ0n) is 26.5. The van der Waals surface area contributed by atoms with Crippen molar-refractivity contribution < 1.29 is 4.74 Å². The first-order valence-corrected chi connectivity index (χ1v) is 16.8. The van der Waals surface area contributed by atoms with E-state index in [1.807, 2.05) is 0 Å². The number of amidine groups is 1. The molecule has 0 spiro atoms. The summed E-state index contributed by atoms with van der Waals surface area (Å²) in [6.07, 6.45) is 14.0. The zero-order valence-corrected chi connectivity index (χ0v) is 26.5. The van der Waals surface area contributed by atoms with Gasteiger partial charge in [0, 0.05) is 28.2 Å². The van der Waals surface area contributed by atoms with Gasteiger partial charge in [0.1, 0.15) is 17.7 Å². The fraction of sp³-hybridized carbons (Fsp3) is 0.233. The Labute approximate surface area is 271 Å². The quantitative estimate of drug-likeness (QED) is 0.254. The lowest BCUT2D eigenvalue weighted by atomic mass is 9.79. The molecule has 4 aromatic rings. The van der Waals surface area contributed by atoms with Crippen LogP contribution in [0.4, 0.5) is 0 Å². The van der Waals surface area contributed by atoms with Gasteiger partial charge in [-0.3, -0.25) is 4.99 Å². The molecule has 4 aromatic carbocycles. The molecule has 5 aliphatic rings. The van der Waals surface area contributed by atoms with E-state index >= 15 is 0 Å². The number of allylic oxidation sites excluding steroid dienone is 5. The van der Waals surface area contributed by atoms with E-state index in [2.05, 4.69) is 141 Å². The van der Waals surface area contributed by atoms with Crippen molar-refractivity contribution in [1.82, 2.24) is 5.32 Å². The molecule has 0 bridgehead atoms. The smallest absolute Gasteiger partial charge is 0.133 e. The second kappa shape index (κ2) is 10.6. The van der Waals surface area contributed by atoms with Gasteiger partial charge in [0.2, 0.25) is 0 Å². The van der Waals surface area contributed by atoms with Gasteiger partial charge in [-0.15, -0.1) is 0 Å². The number of nitrogens with zero attached hydrogens (tertiary/aromatic N) is 1. The summed E-state index contributed by atoms with van der Waals surface area (Å²) in [5.74, 6) is 2.29. The highest BCUT2D eigenvalue weighted by Gasteiger charge is 2.38. The SMILES string of the molecule is CC1(C)C2=C(CCC=C2)c2ccc(C3=CC(c4ccc(C5=CC6c7ccccc7OC6CC5)cc4)N=C(c4ccccc4)N3)cc21. The van der Waals surface area contributed by atoms with Crippen molar-refractivity contribution in [3.05, 3.63) is 166 Å². The van der Waals surface area contributed by atoms with Gasteiger partial charge in [0.25, 0.3) is 0 Å². The van der Waals surface area contributed by atoms with Crippen LogP contribution in [-0.2, 0) is 5.41 Å². The Kier molecular flexibility index (Phi) is 6.31. The standard InChI is InChI=1S/C43H38N2O/c1-43(2)36-14-8-6-12-32(36)33-22-20-31(25-37(33)43)39-26-38(44-42(45-39)29-10-4-3-5-11-29)28-18-16-27(17-19-28)30-21-23-41-35(24-30)34-13-7-9-15-40(34)46-41/h3-5,7-11,13-20,22,24-26,35,38,41H,6,12,21,23H2,1-2H3,(H,44,45). The van der Waals surface area contributed by atoms with Crippen LogP contribution in [0.15, 0.2) is 132 Å². The van der Waals surface area contributed by atoms with E-state index in [1.54, 1.807) is 0 Å². The van der Waals surface area contributed by atoms with E-state index in [1.165, 1.54) is 50.1 Å². The minimum Gasteiger partial charge on any atom is -0.489 e. The number of benzene rings is 4. The van der Waals surface area contributed by atoms with Crippen molar-refractivity contribution in [1.29, 1.82) is 0 Å². The van der Waals surface area contributed by atoms with E-state index in [0.29, 0.717) is 5.92 Å². The van der Waals surface area contributed by atoms with Crippen molar-refractivity contribution in [2.75, 3.05) is 0 Å². The van der Waals surface area contributed by atoms with E-state index in [9.17, 15) is 0 Å². The molecule has 0 radical (unpaired) electrons. The first kappa shape index (κ1) is 27.4. The molecule has 0 saturated heterocycles. The molecule has 46 heavy (non-hydrogen) atoms. The summed E-state index contributed by atoms with van der Waals surface area (Å²) in [6.45, 7) is 4.75. The normalized spacial score (nSPS) is 23.6. The molecule has 1 N–H and O–H groups in total. The second-order valence-electron chi connectivity index (χ2n) is 13.8. The van der Waals surface area contributed by atoms with Gasteiger partial charge in [-0.25, -0.2) is 0 Å². The Morgan fingerprint density at radius 1 is 0.804 bits per heavy atom. The molecule has 3 heteroatoms. The molecule has 3 aliphatic carbocycles. The van der Waals surface area contributed by atoms with Crippen LogP contribution in [0, 0.1) is 0 Å². The number of nitrogens with one attached hydrogen (secondary N) is 1. The minimum atomic E-state index is -0.0872. The Hall–Kier alpha value is -4.89. The zero-order chi connectivity index (χ0) is 30.8. The maximum Gasteiger partial charge on any atom is 0.133 e. The lowest BCUT2D eigenvalue weighted by Crippen LogP contribution is -2.28. The lowest BCUT2D eigenvalue weighted by molar-refractivity contribution is 0.206. The summed E-state index contributed by atoms with van der Waals surface area (Å²) >= 11 is 0. The molecular weight excluding hydrogens is 560 g/mol. The van der Waals surface area contributed by atoms with E-state index < -0.39 is 0 Å². The fourth-order valence-corrected chi connectivity index (χ4v) is 8.25. The number of para-hydroxylation sites is 1. The lowest BCUT2D eigenvalue weighted by Gasteiger charge is -2.26. The molecule has 0 fully saturated rings. The van der Waals surface area contributed by atoms with Crippen molar-refractivity contribution in [3.8, 4) is 5.75 Å². The first-order valence-electron chi connectivity index (χ1n) is 16.8. The summed E-state index contributed by atoms with van der Waals surface area (Å²) in [4.78, 5) is 5.25. The van der Waals surface area contributed by atoms with Crippen LogP contribution in [0.3, 0.4) is 0 Å². The maximum absolute atomic E-state index is 6.27. The van der Waals surface area contributed by atoms with Crippen molar-refractivity contribution in [3.63, 3.8) is 0 Å². The van der Waals surface area contributed by atoms with Crippen molar-refractivity contribution >= 4 is 22.7 Å². The Bertz CT molecular complexity index is 2020. The highest BCUT2D eigenvalue weighted by molar-refractivity contribution is 6.05. The van der Waals surface area contributed by atoms with Crippen LogP contribution in [0.25, 0.3) is 16.8 Å². The average molecular weight is 599 g/mol. The van der Waals surface area contributed by atoms with Crippen LogP contribution < -0.4 is 10.1 Å². The molecule has 0 saturated carbocycles. The highest BCUT2D eigenvalue weighted by atomic mass is 16.5. The van der Waals surface area contributed by atoms with Crippen LogP contribution in [0.2, 0.25) is 0 Å². The van der Waals surface area contributed by atoms with Crippen LogP contribution in [0.5, 0.6) is 5.75 Å². The number of ether oxygens (including phenoxy) is 1.